The van der Waals surface area contributed by atoms with Crippen molar-refractivity contribution in [3.05, 3.63) is 0 Å². The van der Waals surface area contributed by atoms with Crippen LogP contribution in [0.25, 0.3) is 0 Å². The van der Waals surface area contributed by atoms with Gasteiger partial charge in [-0.15, -0.1) is 0 Å². The fraction of sp³-hybridized carbons (Fsp3) is 0. The minimum atomic E-state index is 0. The molecule has 0 atom stereocenters. The van der Waals surface area contributed by atoms with Gasteiger partial charge >= 0.3 is 0 Å². The van der Waals surface area contributed by atoms with Crippen LogP contribution in [-0.2, 0) is 17.4 Å². The molecule has 38 valence electrons. The molecule has 0 saturated carbocycles. The second-order valence-electron chi connectivity index (χ2n) is 0. The van der Waals surface area contributed by atoms with E-state index in [4.69, 9.17) is 0 Å². The maximum absolute atomic E-state index is 0. The van der Waals surface area contributed by atoms with E-state index in [-0.39, 0.29) is 50.8 Å². The van der Waals surface area contributed by atoms with Gasteiger partial charge in [0.1, 0.15) is 0 Å². The van der Waals surface area contributed by atoms with E-state index in [1.54, 1.807) is 0 Å². The standard InChI is InChI=1S/BrH.Cr.3H2O/h1H;;3*1H2/p-2. The molecule has 0 aromatic carbocycles. The van der Waals surface area contributed by atoms with Crippen molar-refractivity contribution in [2.24, 2.45) is 0 Å². The summed E-state index contributed by atoms with van der Waals surface area (Å²) in [6.07, 6.45) is 0. The first-order valence-corrected chi connectivity index (χ1v) is 0. The van der Waals surface area contributed by atoms with Crippen LogP contribution >= 0.6 is 0 Å². The second kappa shape index (κ2) is 93.1. The Labute approximate surface area is 51.2 Å². The summed E-state index contributed by atoms with van der Waals surface area (Å²) in [5, 5.41) is 0. The van der Waals surface area contributed by atoms with Gasteiger partial charge in [0, 0.05) is 17.4 Å². The van der Waals surface area contributed by atoms with E-state index in [9.17, 15) is 0 Å². The summed E-state index contributed by atoms with van der Waals surface area (Å²) in [6.45, 7) is 0. The van der Waals surface area contributed by atoms with Gasteiger partial charge in [-0.05, 0) is 0 Å². The Kier molecular flexibility index (Phi) is 3300. The van der Waals surface area contributed by atoms with Crippen LogP contribution in [0, 0.1) is 0 Å². The first kappa shape index (κ1) is 177. The summed E-state index contributed by atoms with van der Waals surface area (Å²) < 4.78 is 0. The van der Waals surface area contributed by atoms with Gasteiger partial charge < -0.3 is 33.4 Å². The molecular weight excluding hydrogens is 180 g/mol. The van der Waals surface area contributed by atoms with Gasteiger partial charge in [-0.3, -0.25) is 0 Å². The van der Waals surface area contributed by atoms with E-state index in [1.807, 2.05) is 0 Å². The predicted octanol–water partition coefficient (Wildman–Crippen LogP) is -4.82. The molecule has 0 bridgehead atoms. The van der Waals surface area contributed by atoms with Crippen LogP contribution in [0.4, 0.5) is 0 Å². The Bertz CT molecular complexity index is 6.85. The van der Waals surface area contributed by atoms with Crippen LogP contribution in [0.3, 0.4) is 0 Å². The first-order chi connectivity index (χ1) is 0. The van der Waals surface area contributed by atoms with Crippen LogP contribution in [0.15, 0.2) is 0 Å². The molecule has 0 rings (SSSR count). The van der Waals surface area contributed by atoms with Crippen molar-refractivity contribution < 1.29 is 50.8 Å². The van der Waals surface area contributed by atoms with Crippen LogP contribution in [-0.4, -0.2) is 16.4 Å². The van der Waals surface area contributed by atoms with Crippen LogP contribution < -0.4 is 17.0 Å². The molecule has 3 nitrogen and oxygen atoms in total. The van der Waals surface area contributed by atoms with Crippen LogP contribution in [0.1, 0.15) is 0 Å². The predicted molar refractivity (Wildman–Crippen MR) is 9.16 cm³/mol. The smallest absolute Gasteiger partial charge is 0 e. The van der Waals surface area contributed by atoms with Gasteiger partial charge in [0.05, 0.1) is 0 Å². The van der Waals surface area contributed by atoms with Crippen molar-refractivity contribution in [1.82, 2.24) is 0 Å². The Hall–Kier alpha value is 0.892. The molecule has 5 heteroatoms. The van der Waals surface area contributed by atoms with Crippen molar-refractivity contribution in [2.75, 3.05) is 0 Å². The summed E-state index contributed by atoms with van der Waals surface area (Å²) in [5.41, 5.74) is 0. The minimum absolute atomic E-state index is 0. The maximum Gasteiger partial charge on any atom is 0 e. The number of halogens is 1. The van der Waals surface area contributed by atoms with Gasteiger partial charge in [-0.25, -0.2) is 0 Å². The monoisotopic (exact) mass is 184 g/mol. The van der Waals surface area contributed by atoms with Gasteiger partial charge in [0.15, 0.2) is 0 Å². The fourth-order valence-corrected chi connectivity index (χ4v) is 0. The molecule has 0 aliphatic rings. The van der Waals surface area contributed by atoms with E-state index in [0.29, 0.717) is 0 Å². The molecule has 0 aromatic heterocycles. The molecule has 0 amide bonds. The average Bonchev–Trinajstić information content (AvgIpc) is 0. The topological polar surface area (TPSA) is 93.0 Å². The fourth-order valence-electron chi connectivity index (χ4n) is 0. The zero-order valence-electron chi connectivity index (χ0n) is 2.23. The second-order valence-corrected chi connectivity index (χ2v) is 0. The molecule has 0 unspecified atom stereocenters. The molecule has 0 spiro atoms. The summed E-state index contributed by atoms with van der Waals surface area (Å²) >= 11 is 0. The molecule has 0 heterocycles. The summed E-state index contributed by atoms with van der Waals surface area (Å²) in [5.74, 6) is 0. The van der Waals surface area contributed by atoms with Gasteiger partial charge in [-0.2, -0.15) is 0 Å². The number of hydrogen-bond donors (Lipinski definition) is 0. The third-order valence-corrected chi connectivity index (χ3v) is 0. The van der Waals surface area contributed by atoms with Crippen molar-refractivity contribution in [3.63, 3.8) is 0 Å². The minimum Gasteiger partial charge on any atom is -1.00 e. The molecule has 0 aliphatic carbocycles. The van der Waals surface area contributed by atoms with E-state index in [1.165, 1.54) is 0 Å². The molecule has 0 aliphatic heterocycles. The van der Waals surface area contributed by atoms with E-state index >= 15 is 0 Å². The third-order valence-electron chi connectivity index (χ3n) is 0. The van der Waals surface area contributed by atoms with E-state index in [2.05, 4.69) is 0 Å². The average molecular weight is 185 g/mol. The van der Waals surface area contributed by atoms with E-state index in [0.717, 1.165) is 0 Å². The van der Waals surface area contributed by atoms with Crippen LogP contribution in [0.2, 0.25) is 0 Å². The zero-order chi connectivity index (χ0) is 0. The molecule has 5 N–H and O–H groups in total. The van der Waals surface area contributed by atoms with Crippen molar-refractivity contribution >= 4 is 0 Å². The Morgan fingerprint density at radius 2 is 0.800 bits per heavy atom. The van der Waals surface area contributed by atoms with E-state index < -0.39 is 0 Å². The van der Waals surface area contributed by atoms with Gasteiger partial charge in [0.25, 0.3) is 0 Å². The largest absolute Gasteiger partial charge is 1.00 e. The maximum atomic E-state index is 0. The third kappa shape index (κ3) is 51.4. The summed E-state index contributed by atoms with van der Waals surface area (Å²) in [4.78, 5) is 0. The zero-order valence-corrected chi connectivity index (χ0v) is 5.09. The Balaban J connectivity index is 0. The normalized spacial score (nSPS) is 0. The number of rotatable bonds is 0. The van der Waals surface area contributed by atoms with Gasteiger partial charge in [-0.1, -0.05) is 0 Å². The molecule has 5 heavy (non-hydrogen) atoms. The molecule has 0 aromatic rings. The molecule has 0 saturated heterocycles. The van der Waals surface area contributed by atoms with Crippen LogP contribution in [0.5, 0.6) is 0 Å². The molecule has 0 radical (unpaired) electrons. The Morgan fingerprint density at radius 1 is 0.800 bits per heavy atom. The summed E-state index contributed by atoms with van der Waals surface area (Å²) in [7, 11) is 0. The SMILES string of the molecule is O.O.[Br-].[Cr].[OH-]. The van der Waals surface area contributed by atoms with Crippen molar-refractivity contribution in [3.8, 4) is 0 Å². The van der Waals surface area contributed by atoms with Crippen molar-refractivity contribution in [1.29, 1.82) is 0 Å². The number of hydrogen-bond acceptors (Lipinski definition) is 1. The summed E-state index contributed by atoms with van der Waals surface area (Å²) in [6, 6.07) is 0. The first-order valence-electron chi connectivity index (χ1n) is 0. The molecule has 0 fully saturated rings. The molecular formula is H5BrCrO3-2. The van der Waals surface area contributed by atoms with Gasteiger partial charge in [0.2, 0.25) is 0 Å². The quantitative estimate of drug-likeness (QED) is 0.372. The Morgan fingerprint density at radius 3 is 0.800 bits per heavy atom. The van der Waals surface area contributed by atoms with Crippen molar-refractivity contribution in [2.45, 2.75) is 0 Å².